The Morgan fingerprint density at radius 2 is 2.23 bits per heavy atom. The molecule has 1 atom stereocenters. The van der Waals surface area contributed by atoms with Crippen molar-refractivity contribution in [3.8, 4) is 0 Å². The van der Waals surface area contributed by atoms with Crippen LogP contribution in [-0.4, -0.2) is 16.1 Å². The first-order valence-corrected chi connectivity index (χ1v) is 5.09. The van der Waals surface area contributed by atoms with Crippen LogP contribution in [0.1, 0.15) is 39.3 Å². The summed E-state index contributed by atoms with van der Waals surface area (Å²) in [5.41, 5.74) is 0. The van der Waals surface area contributed by atoms with Crippen molar-refractivity contribution in [2.45, 2.75) is 39.3 Å². The third-order valence-electron chi connectivity index (χ3n) is 2.08. The van der Waals surface area contributed by atoms with E-state index < -0.39 is 0 Å². The maximum absolute atomic E-state index is 4.06. The van der Waals surface area contributed by atoms with Gasteiger partial charge in [0, 0.05) is 12.4 Å². The van der Waals surface area contributed by atoms with E-state index in [4.69, 9.17) is 0 Å². The molecule has 0 saturated carbocycles. The van der Waals surface area contributed by atoms with Crippen molar-refractivity contribution in [2.75, 3.05) is 6.54 Å². The van der Waals surface area contributed by atoms with Gasteiger partial charge in [0.15, 0.2) is 0 Å². The van der Waals surface area contributed by atoms with Crippen LogP contribution < -0.4 is 5.32 Å². The lowest BCUT2D eigenvalue weighted by Gasteiger charge is -2.18. The molecule has 0 spiro atoms. The molecular weight excluding hydrogens is 162 g/mol. The Labute approximate surface area is 80.2 Å². The SMILES string of the molecule is CCCNC(CCC)n1ccnc1. The van der Waals surface area contributed by atoms with Crippen molar-refractivity contribution in [1.29, 1.82) is 0 Å². The highest BCUT2D eigenvalue weighted by Crippen LogP contribution is 2.09. The van der Waals surface area contributed by atoms with Gasteiger partial charge in [0.1, 0.15) is 0 Å². The fourth-order valence-electron chi connectivity index (χ4n) is 1.39. The van der Waals surface area contributed by atoms with Crippen molar-refractivity contribution in [1.82, 2.24) is 14.9 Å². The highest BCUT2D eigenvalue weighted by Gasteiger charge is 2.06. The molecule has 0 aliphatic carbocycles. The predicted molar refractivity (Wildman–Crippen MR) is 54.5 cm³/mol. The maximum atomic E-state index is 4.06. The van der Waals surface area contributed by atoms with Crippen LogP contribution in [0.3, 0.4) is 0 Å². The number of imidazole rings is 1. The monoisotopic (exact) mass is 181 g/mol. The summed E-state index contributed by atoms with van der Waals surface area (Å²) in [5.74, 6) is 0. The molecule has 1 N–H and O–H groups in total. The van der Waals surface area contributed by atoms with E-state index in [2.05, 4.69) is 28.7 Å². The molecule has 13 heavy (non-hydrogen) atoms. The summed E-state index contributed by atoms with van der Waals surface area (Å²) >= 11 is 0. The van der Waals surface area contributed by atoms with Crippen LogP contribution >= 0.6 is 0 Å². The lowest BCUT2D eigenvalue weighted by Crippen LogP contribution is -2.26. The molecule has 3 nitrogen and oxygen atoms in total. The summed E-state index contributed by atoms with van der Waals surface area (Å²) in [6, 6.07) is 0. The number of hydrogen-bond donors (Lipinski definition) is 1. The number of rotatable bonds is 6. The van der Waals surface area contributed by atoms with Gasteiger partial charge in [-0.05, 0) is 19.4 Å². The summed E-state index contributed by atoms with van der Waals surface area (Å²) < 4.78 is 2.14. The maximum Gasteiger partial charge on any atom is 0.0959 e. The van der Waals surface area contributed by atoms with E-state index in [1.807, 2.05) is 18.7 Å². The second kappa shape index (κ2) is 5.75. The highest BCUT2D eigenvalue weighted by atomic mass is 15.2. The second-order valence-corrected chi connectivity index (χ2v) is 3.27. The molecule has 0 bridgehead atoms. The average Bonchev–Trinajstić information content (AvgIpc) is 2.65. The van der Waals surface area contributed by atoms with E-state index >= 15 is 0 Å². The van der Waals surface area contributed by atoms with Crippen LogP contribution in [0.25, 0.3) is 0 Å². The fourth-order valence-corrected chi connectivity index (χ4v) is 1.39. The second-order valence-electron chi connectivity index (χ2n) is 3.27. The number of aromatic nitrogens is 2. The summed E-state index contributed by atoms with van der Waals surface area (Å²) in [5, 5.41) is 3.50. The lowest BCUT2D eigenvalue weighted by molar-refractivity contribution is 0.375. The first kappa shape index (κ1) is 10.3. The van der Waals surface area contributed by atoms with E-state index in [1.54, 1.807) is 0 Å². The van der Waals surface area contributed by atoms with Gasteiger partial charge in [-0.15, -0.1) is 0 Å². The smallest absolute Gasteiger partial charge is 0.0959 e. The minimum atomic E-state index is 0.424. The Kier molecular flexibility index (Phi) is 4.54. The minimum absolute atomic E-state index is 0.424. The topological polar surface area (TPSA) is 29.9 Å². The molecule has 0 fully saturated rings. The number of nitrogens with zero attached hydrogens (tertiary/aromatic N) is 2. The Morgan fingerprint density at radius 3 is 2.77 bits per heavy atom. The molecule has 1 heterocycles. The van der Waals surface area contributed by atoms with Gasteiger partial charge >= 0.3 is 0 Å². The Hall–Kier alpha value is -0.830. The minimum Gasteiger partial charge on any atom is -0.321 e. The summed E-state index contributed by atoms with van der Waals surface area (Å²) in [6.07, 6.45) is 9.68. The molecule has 1 aromatic heterocycles. The molecular formula is C10H19N3. The van der Waals surface area contributed by atoms with Gasteiger partial charge in [0.2, 0.25) is 0 Å². The quantitative estimate of drug-likeness (QED) is 0.729. The zero-order chi connectivity index (χ0) is 9.52. The fraction of sp³-hybridized carbons (Fsp3) is 0.700. The van der Waals surface area contributed by atoms with E-state index in [0.717, 1.165) is 13.0 Å². The Balaban J connectivity index is 2.47. The van der Waals surface area contributed by atoms with Gasteiger partial charge in [0.25, 0.3) is 0 Å². The average molecular weight is 181 g/mol. The molecule has 1 aromatic rings. The number of nitrogens with one attached hydrogen (secondary N) is 1. The molecule has 0 aliphatic heterocycles. The molecule has 74 valence electrons. The van der Waals surface area contributed by atoms with Gasteiger partial charge in [-0.2, -0.15) is 0 Å². The van der Waals surface area contributed by atoms with E-state index in [9.17, 15) is 0 Å². The Morgan fingerprint density at radius 1 is 1.38 bits per heavy atom. The van der Waals surface area contributed by atoms with Crippen LogP contribution in [-0.2, 0) is 0 Å². The lowest BCUT2D eigenvalue weighted by atomic mass is 10.2. The molecule has 0 aromatic carbocycles. The van der Waals surface area contributed by atoms with Crippen LogP contribution in [0, 0.1) is 0 Å². The third kappa shape index (κ3) is 3.19. The Bertz CT molecular complexity index is 206. The zero-order valence-electron chi connectivity index (χ0n) is 8.53. The van der Waals surface area contributed by atoms with Gasteiger partial charge < -0.3 is 4.57 Å². The standard InChI is InChI=1S/C10H19N3/c1-3-5-10(12-6-4-2)13-8-7-11-9-13/h7-10,12H,3-6H2,1-2H3. The first-order chi connectivity index (χ1) is 6.38. The summed E-state index contributed by atoms with van der Waals surface area (Å²) in [7, 11) is 0. The molecule has 1 rings (SSSR count). The number of hydrogen-bond acceptors (Lipinski definition) is 2. The van der Waals surface area contributed by atoms with Crippen molar-refractivity contribution >= 4 is 0 Å². The van der Waals surface area contributed by atoms with Gasteiger partial charge in [-0.25, -0.2) is 4.98 Å². The molecule has 0 radical (unpaired) electrons. The normalized spacial score (nSPS) is 13.1. The van der Waals surface area contributed by atoms with Crippen LogP contribution in [0.2, 0.25) is 0 Å². The summed E-state index contributed by atoms with van der Waals surface area (Å²) in [4.78, 5) is 4.06. The molecule has 3 heteroatoms. The van der Waals surface area contributed by atoms with Crippen molar-refractivity contribution in [2.24, 2.45) is 0 Å². The van der Waals surface area contributed by atoms with Gasteiger partial charge in [0.05, 0.1) is 12.5 Å². The van der Waals surface area contributed by atoms with Crippen molar-refractivity contribution in [3.05, 3.63) is 18.7 Å². The van der Waals surface area contributed by atoms with E-state index in [0.29, 0.717) is 6.17 Å². The van der Waals surface area contributed by atoms with Crippen LogP contribution in [0.4, 0.5) is 0 Å². The summed E-state index contributed by atoms with van der Waals surface area (Å²) in [6.45, 7) is 5.46. The van der Waals surface area contributed by atoms with Crippen molar-refractivity contribution < 1.29 is 0 Å². The van der Waals surface area contributed by atoms with Gasteiger partial charge in [-0.1, -0.05) is 20.3 Å². The van der Waals surface area contributed by atoms with E-state index in [-0.39, 0.29) is 0 Å². The first-order valence-electron chi connectivity index (χ1n) is 5.09. The molecule has 0 saturated heterocycles. The van der Waals surface area contributed by atoms with Crippen LogP contribution in [0.5, 0.6) is 0 Å². The molecule has 1 unspecified atom stereocenters. The predicted octanol–water partition coefficient (Wildman–Crippen LogP) is 2.18. The third-order valence-corrected chi connectivity index (χ3v) is 2.08. The van der Waals surface area contributed by atoms with Crippen molar-refractivity contribution in [3.63, 3.8) is 0 Å². The van der Waals surface area contributed by atoms with Crippen LogP contribution in [0.15, 0.2) is 18.7 Å². The highest BCUT2D eigenvalue weighted by molar-refractivity contribution is 4.79. The molecule has 0 amide bonds. The zero-order valence-corrected chi connectivity index (χ0v) is 8.53. The molecule has 0 aliphatic rings. The largest absolute Gasteiger partial charge is 0.321 e. The van der Waals surface area contributed by atoms with Gasteiger partial charge in [-0.3, -0.25) is 5.32 Å². The van der Waals surface area contributed by atoms with E-state index in [1.165, 1.54) is 12.8 Å².